The molecular weight excluding hydrogens is 263 g/mol. The molecular formula is C11H18F3N3O2. The summed E-state index contributed by atoms with van der Waals surface area (Å²) in [5.74, 6) is -1.04. The molecule has 0 spiro atoms. The zero-order valence-corrected chi connectivity index (χ0v) is 10.7. The van der Waals surface area contributed by atoms with E-state index in [0.717, 1.165) is 0 Å². The molecule has 0 atom stereocenters. The number of carbonyl (C=O) groups excluding carboxylic acids is 2. The van der Waals surface area contributed by atoms with Crippen molar-refractivity contribution in [2.24, 2.45) is 5.92 Å². The van der Waals surface area contributed by atoms with Gasteiger partial charge in [0.25, 0.3) is 0 Å². The summed E-state index contributed by atoms with van der Waals surface area (Å²) < 4.78 is 35.9. The van der Waals surface area contributed by atoms with E-state index in [2.05, 4.69) is 5.32 Å². The SMILES string of the molecule is CCNC(=O)N1CCC(C(=O)NCC(F)(F)F)CC1. The summed E-state index contributed by atoms with van der Waals surface area (Å²) in [6.45, 7) is 1.79. The molecule has 1 heterocycles. The number of amides is 3. The summed E-state index contributed by atoms with van der Waals surface area (Å²) in [6, 6.07) is -0.198. The second-order valence-corrected chi connectivity index (χ2v) is 4.43. The Bertz CT molecular complexity index is 326. The van der Waals surface area contributed by atoms with Crippen molar-refractivity contribution in [2.75, 3.05) is 26.2 Å². The third kappa shape index (κ3) is 5.35. The summed E-state index contributed by atoms with van der Waals surface area (Å²) in [6.07, 6.45) is -3.61. The van der Waals surface area contributed by atoms with Gasteiger partial charge in [0.2, 0.25) is 5.91 Å². The number of piperidine rings is 1. The van der Waals surface area contributed by atoms with E-state index in [1.807, 2.05) is 5.32 Å². The lowest BCUT2D eigenvalue weighted by Crippen LogP contribution is -2.47. The molecule has 0 aromatic carbocycles. The number of halogens is 3. The topological polar surface area (TPSA) is 61.4 Å². The zero-order chi connectivity index (χ0) is 14.5. The van der Waals surface area contributed by atoms with E-state index in [4.69, 9.17) is 0 Å². The zero-order valence-electron chi connectivity index (χ0n) is 10.7. The van der Waals surface area contributed by atoms with Crippen molar-refractivity contribution < 1.29 is 22.8 Å². The Labute approximate surface area is 109 Å². The van der Waals surface area contributed by atoms with Gasteiger partial charge in [-0.2, -0.15) is 13.2 Å². The van der Waals surface area contributed by atoms with Gasteiger partial charge < -0.3 is 15.5 Å². The van der Waals surface area contributed by atoms with Gasteiger partial charge in [0, 0.05) is 25.6 Å². The van der Waals surface area contributed by atoms with Crippen LogP contribution < -0.4 is 10.6 Å². The van der Waals surface area contributed by atoms with Gasteiger partial charge in [0.05, 0.1) is 0 Å². The summed E-state index contributed by atoms with van der Waals surface area (Å²) in [5.41, 5.74) is 0. The number of urea groups is 1. The van der Waals surface area contributed by atoms with Crippen LogP contribution in [-0.4, -0.2) is 49.2 Å². The number of alkyl halides is 3. The van der Waals surface area contributed by atoms with Crippen molar-refractivity contribution in [2.45, 2.75) is 25.9 Å². The Morgan fingerprint density at radius 2 is 1.79 bits per heavy atom. The maximum absolute atomic E-state index is 12.0. The highest BCUT2D eigenvalue weighted by atomic mass is 19.4. The van der Waals surface area contributed by atoms with Crippen molar-refractivity contribution in [1.82, 2.24) is 15.5 Å². The molecule has 1 aliphatic rings. The first-order valence-corrected chi connectivity index (χ1v) is 6.20. The van der Waals surface area contributed by atoms with E-state index < -0.39 is 24.5 Å². The third-order valence-corrected chi connectivity index (χ3v) is 2.94. The van der Waals surface area contributed by atoms with Crippen LogP contribution in [-0.2, 0) is 4.79 Å². The standard InChI is InChI=1S/C11H18F3N3O2/c1-2-15-10(19)17-5-3-8(4-6-17)9(18)16-7-11(12,13)14/h8H,2-7H2,1H3,(H,15,19)(H,16,18). The quantitative estimate of drug-likeness (QED) is 0.814. The fourth-order valence-electron chi connectivity index (χ4n) is 1.94. The van der Waals surface area contributed by atoms with Crippen LogP contribution in [0.25, 0.3) is 0 Å². The minimum atomic E-state index is -4.39. The molecule has 2 N–H and O–H groups in total. The van der Waals surface area contributed by atoms with Gasteiger partial charge >= 0.3 is 12.2 Å². The van der Waals surface area contributed by atoms with Crippen LogP contribution in [0.4, 0.5) is 18.0 Å². The highest BCUT2D eigenvalue weighted by molar-refractivity contribution is 5.79. The monoisotopic (exact) mass is 281 g/mol. The van der Waals surface area contributed by atoms with Crippen LogP contribution in [0.3, 0.4) is 0 Å². The van der Waals surface area contributed by atoms with E-state index >= 15 is 0 Å². The molecule has 0 aliphatic carbocycles. The predicted molar refractivity (Wildman–Crippen MR) is 62.4 cm³/mol. The molecule has 8 heteroatoms. The second-order valence-electron chi connectivity index (χ2n) is 4.43. The van der Waals surface area contributed by atoms with Crippen LogP contribution in [0.2, 0.25) is 0 Å². The van der Waals surface area contributed by atoms with Gasteiger partial charge in [-0.1, -0.05) is 0 Å². The molecule has 0 radical (unpaired) electrons. The van der Waals surface area contributed by atoms with Crippen LogP contribution in [0, 0.1) is 5.92 Å². The van der Waals surface area contributed by atoms with Gasteiger partial charge in [-0.15, -0.1) is 0 Å². The van der Waals surface area contributed by atoms with Crippen molar-refractivity contribution in [1.29, 1.82) is 0 Å². The number of likely N-dealkylation sites (tertiary alicyclic amines) is 1. The summed E-state index contributed by atoms with van der Waals surface area (Å²) in [5, 5.41) is 4.52. The van der Waals surface area contributed by atoms with E-state index in [1.165, 1.54) is 0 Å². The van der Waals surface area contributed by atoms with Crippen molar-refractivity contribution >= 4 is 11.9 Å². The van der Waals surface area contributed by atoms with Crippen LogP contribution in [0.15, 0.2) is 0 Å². The Morgan fingerprint density at radius 3 is 2.26 bits per heavy atom. The first kappa shape index (κ1) is 15.6. The Morgan fingerprint density at radius 1 is 1.21 bits per heavy atom. The fraction of sp³-hybridized carbons (Fsp3) is 0.818. The normalized spacial score (nSPS) is 17.2. The van der Waals surface area contributed by atoms with Crippen LogP contribution in [0.1, 0.15) is 19.8 Å². The summed E-state index contributed by atoms with van der Waals surface area (Å²) in [4.78, 5) is 24.6. The van der Waals surface area contributed by atoms with E-state index in [0.29, 0.717) is 32.5 Å². The smallest absolute Gasteiger partial charge is 0.347 e. The average molecular weight is 281 g/mol. The van der Waals surface area contributed by atoms with E-state index in [1.54, 1.807) is 11.8 Å². The maximum Gasteiger partial charge on any atom is 0.405 e. The Hall–Kier alpha value is -1.47. The molecule has 0 aromatic heterocycles. The predicted octanol–water partition coefficient (Wildman–Crippen LogP) is 1.11. The van der Waals surface area contributed by atoms with E-state index in [9.17, 15) is 22.8 Å². The minimum absolute atomic E-state index is 0.198. The number of nitrogens with one attached hydrogen (secondary N) is 2. The van der Waals surface area contributed by atoms with Gasteiger partial charge in [-0.25, -0.2) is 4.79 Å². The molecule has 19 heavy (non-hydrogen) atoms. The lowest BCUT2D eigenvalue weighted by Gasteiger charge is -2.31. The second kappa shape index (κ2) is 6.63. The molecule has 110 valence electrons. The van der Waals surface area contributed by atoms with Crippen molar-refractivity contribution in [3.05, 3.63) is 0 Å². The summed E-state index contributed by atoms with van der Waals surface area (Å²) >= 11 is 0. The average Bonchev–Trinajstić information content (AvgIpc) is 2.35. The van der Waals surface area contributed by atoms with E-state index in [-0.39, 0.29) is 6.03 Å². The lowest BCUT2D eigenvalue weighted by atomic mass is 9.96. The molecule has 0 saturated carbocycles. The molecule has 0 bridgehead atoms. The van der Waals surface area contributed by atoms with Crippen LogP contribution >= 0.6 is 0 Å². The molecule has 5 nitrogen and oxygen atoms in total. The van der Waals surface area contributed by atoms with Gasteiger partial charge in [0.1, 0.15) is 6.54 Å². The Kier molecular flexibility index (Phi) is 5.44. The molecule has 1 saturated heterocycles. The number of hydrogen-bond donors (Lipinski definition) is 2. The van der Waals surface area contributed by atoms with Gasteiger partial charge in [0.15, 0.2) is 0 Å². The summed E-state index contributed by atoms with van der Waals surface area (Å²) in [7, 11) is 0. The molecule has 0 aromatic rings. The van der Waals surface area contributed by atoms with Gasteiger partial charge in [-0.3, -0.25) is 4.79 Å². The number of hydrogen-bond acceptors (Lipinski definition) is 2. The highest BCUT2D eigenvalue weighted by Gasteiger charge is 2.31. The maximum atomic E-state index is 12.0. The third-order valence-electron chi connectivity index (χ3n) is 2.94. The number of carbonyl (C=O) groups is 2. The van der Waals surface area contributed by atoms with Crippen LogP contribution in [0.5, 0.6) is 0 Å². The number of rotatable bonds is 3. The first-order chi connectivity index (χ1) is 8.83. The van der Waals surface area contributed by atoms with Gasteiger partial charge in [-0.05, 0) is 19.8 Å². The minimum Gasteiger partial charge on any atom is -0.347 e. The largest absolute Gasteiger partial charge is 0.405 e. The fourth-order valence-corrected chi connectivity index (χ4v) is 1.94. The first-order valence-electron chi connectivity index (χ1n) is 6.20. The molecule has 3 amide bonds. The lowest BCUT2D eigenvalue weighted by molar-refractivity contribution is -0.141. The molecule has 1 rings (SSSR count). The Balaban J connectivity index is 2.33. The molecule has 1 aliphatic heterocycles. The molecule has 0 unspecified atom stereocenters. The highest BCUT2D eigenvalue weighted by Crippen LogP contribution is 2.18. The number of nitrogens with zero attached hydrogens (tertiary/aromatic N) is 1. The van der Waals surface area contributed by atoms with Crippen molar-refractivity contribution in [3.63, 3.8) is 0 Å². The van der Waals surface area contributed by atoms with Crippen molar-refractivity contribution in [3.8, 4) is 0 Å². The molecule has 1 fully saturated rings.